The van der Waals surface area contributed by atoms with Gasteiger partial charge in [0, 0.05) is 63.8 Å². The first-order chi connectivity index (χ1) is 16.2. The molecule has 0 radical (unpaired) electrons. The third-order valence-electron chi connectivity index (χ3n) is 7.32. The van der Waals surface area contributed by atoms with Crippen molar-refractivity contribution in [1.29, 1.82) is 0 Å². The van der Waals surface area contributed by atoms with Crippen LogP contribution < -0.4 is 10.2 Å². The van der Waals surface area contributed by atoms with Crippen LogP contribution >= 0.6 is 0 Å². The van der Waals surface area contributed by atoms with E-state index < -0.39 is 0 Å². The first-order valence-electron chi connectivity index (χ1n) is 12.3. The Morgan fingerprint density at radius 1 is 1.15 bits per heavy atom. The Hall–Kier alpha value is -2.86. The van der Waals surface area contributed by atoms with Crippen molar-refractivity contribution < 1.29 is 9.53 Å². The molecule has 0 saturated carbocycles. The molecule has 0 spiro atoms. The predicted molar refractivity (Wildman–Crippen MR) is 132 cm³/mol. The lowest BCUT2D eigenvalue weighted by Crippen LogP contribution is -2.43. The number of benzene rings is 2. The van der Waals surface area contributed by atoms with Crippen LogP contribution in [0.2, 0.25) is 0 Å². The van der Waals surface area contributed by atoms with Gasteiger partial charge in [-0.25, -0.2) is 0 Å². The van der Waals surface area contributed by atoms with Gasteiger partial charge < -0.3 is 19.9 Å². The van der Waals surface area contributed by atoms with Gasteiger partial charge in [-0.1, -0.05) is 48.5 Å². The zero-order valence-electron chi connectivity index (χ0n) is 19.5. The number of likely N-dealkylation sites (tertiary alicyclic amines) is 1. The molecule has 0 aliphatic carbocycles. The number of nitrogens with one attached hydrogen (secondary N) is 1. The van der Waals surface area contributed by atoms with Crippen molar-refractivity contribution in [2.75, 3.05) is 44.7 Å². The largest absolute Gasteiger partial charge is 0.373 e. The van der Waals surface area contributed by atoms with Crippen LogP contribution in [0.25, 0.3) is 0 Å². The number of carbonyl (C=O) groups excluding carboxylic acids is 1. The van der Waals surface area contributed by atoms with E-state index in [0.717, 1.165) is 58.0 Å². The Morgan fingerprint density at radius 3 is 2.76 bits per heavy atom. The summed E-state index contributed by atoms with van der Waals surface area (Å²) in [4.78, 5) is 21.0. The SMILES string of the molecule is CN=C(NCC1CCOC1c1ccccc1)N1CC(CCN2CCCC2=O)c2ccccc21. The number of carbonyl (C=O) groups is 1. The highest BCUT2D eigenvalue weighted by Gasteiger charge is 2.34. The molecule has 2 saturated heterocycles. The maximum Gasteiger partial charge on any atom is 0.222 e. The lowest BCUT2D eigenvalue weighted by molar-refractivity contribution is -0.127. The van der Waals surface area contributed by atoms with Crippen LogP contribution in [0.5, 0.6) is 0 Å². The molecule has 3 unspecified atom stereocenters. The van der Waals surface area contributed by atoms with Crippen molar-refractivity contribution in [1.82, 2.24) is 10.2 Å². The fourth-order valence-corrected chi connectivity index (χ4v) is 5.57. The molecule has 33 heavy (non-hydrogen) atoms. The molecule has 1 amide bonds. The predicted octanol–water partition coefficient (Wildman–Crippen LogP) is 3.96. The number of hydrogen-bond donors (Lipinski definition) is 1. The second-order valence-electron chi connectivity index (χ2n) is 9.32. The average Bonchev–Trinajstić information content (AvgIpc) is 3.58. The fraction of sp³-hybridized carbons (Fsp3) is 0.481. The molecule has 3 atom stereocenters. The van der Waals surface area contributed by atoms with Gasteiger partial charge in [0.2, 0.25) is 5.91 Å². The van der Waals surface area contributed by atoms with Crippen LogP contribution in [0.15, 0.2) is 59.6 Å². The molecule has 1 N–H and O–H groups in total. The highest BCUT2D eigenvalue weighted by molar-refractivity contribution is 5.98. The number of aliphatic imine (C=N–C) groups is 1. The van der Waals surface area contributed by atoms with E-state index in [-0.39, 0.29) is 6.10 Å². The van der Waals surface area contributed by atoms with Gasteiger partial charge in [-0.3, -0.25) is 9.79 Å². The Kier molecular flexibility index (Phi) is 6.63. The van der Waals surface area contributed by atoms with Crippen LogP contribution in [-0.2, 0) is 9.53 Å². The maximum absolute atomic E-state index is 12.1. The van der Waals surface area contributed by atoms with Gasteiger partial charge in [0.1, 0.15) is 0 Å². The number of para-hydroxylation sites is 1. The molecule has 3 aliphatic heterocycles. The van der Waals surface area contributed by atoms with Crippen LogP contribution in [-0.4, -0.2) is 56.6 Å². The minimum Gasteiger partial charge on any atom is -0.373 e. The number of fused-ring (bicyclic) bond motifs is 1. The lowest BCUT2D eigenvalue weighted by atomic mass is 9.95. The van der Waals surface area contributed by atoms with Crippen molar-refractivity contribution in [2.45, 2.75) is 37.7 Å². The Morgan fingerprint density at radius 2 is 1.97 bits per heavy atom. The summed E-state index contributed by atoms with van der Waals surface area (Å²) < 4.78 is 6.08. The summed E-state index contributed by atoms with van der Waals surface area (Å²) in [5.41, 5.74) is 3.84. The van der Waals surface area contributed by atoms with Gasteiger partial charge >= 0.3 is 0 Å². The van der Waals surface area contributed by atoms with E-state index in [4.69, 9.17) is 4.74 Å². The minimum atomic E-state index is 0.133. The quantitative estimate of drug-likeness (QED) is 0.539. The van der Waals surface area contributed by atoms with Gasteiger partial charge in [0.25, 0.3) is 0 Å². The summed E-state index contributed by atoms with van der Waals surface area (Å²) in [6, 6.07) is 19.2. The van der Waals surface area contributed by atoms with E-state index in [2.05, 4.69) is 69.8 Å². The monoisotopic (exact) mass is 446 g/mol. The highest BCUT2D eigenvalue weighted by atomic mass is 16.5. The van der Waals surface area contributed by atoms with E-state index >= 15 is 0 Å². The summed E-state index contributed by atoms with van der Waals surface area (Å²) >= 11 is 0. The third-order valence-corrected chi connectivity index (χ3v) is 7.32. The summed E-state index contributed by atoms with van der Waals surface area (Å²) in [6.07, 6.45) is 3.87. The van der Waals surface area contributed by atoms with Crippen LogP contribution in [0.4, 0.5) is 5.69 Å². The molecule has 174 valence electrons. The van der Waals surface area contributed by atoms with Gasteiger partial charge in [0.05, 0.1) is 6.10 Å². The Balaban J connectivity index is 1.25. The number of guanidine groups is 1. The molecule has 2 aromatic rings. The second kappa shape index (κ2) is 9.96. The number of nitrogens with zero attached hydrogens (tertiary/aromatic N) is 3. The number of hydrogen-bond acceptors (Lipinski definition) is 3. The van der Waals surface area contributed by atoms with E-state index in [1.807, 2.05) is 11.9 Å². The van der Waals surface area contributed by atoms with Gasteiger partial charge in [-0.05, 0) is 36.5 Å². The zero-order valence-corrected chi connectivity index (χ0v) is 19.5. The summed E-state index contributed by atoms with van der Waals surface area (Å²) in [7, 11) is 1.86. The highest BCUT2D eigenvalue weighted by Crippen LogP contribution is 2.39. The molecule has 6 nitrogen and oxygen atoms in total. The third kappa shape index (κ3) is 4.62. The standard InChI is InChI=1S/C27H34N4O2/c1-28-27(29-18-21-14-17-33-26(21)20-8-3-2-4-9-20)31-19-22(23-10-5-6-11-24(23)31)13-16-30-15-7-12-25(30)32/h2-6,8-11,21-22,26H,7,12-19H2,1H3,(H,28,29). The smallest absolute Gasteiger partial charge is 0.222 e. The fourth-order valence-electron chi connectivity index (χ4n) is 5.57. The van der Waals surface area contributed by atoms with E-state index in [9.17, 15) is 4.79 Å². The lowest BCUT2D eigenvalue weighted by Gasteiger charge is -2.26. The van der Waals surface area contributed by atoms with Gasteiger partial charge in [-0.15, -0.1) is 0 Å². The number of ether oxygens (including phenoxy) is 1. The molecule has 6 heteroatoms. The average molecular weight is 447 g/mol. The zero-order chi connectivity index (χ0) is 22.6. The van der Waals surface area contributed by atoms with Crippen LogP contribution in [0.1, 0.15) is 48.8 Å². The molecule has 3 heterocycles. The number of anilines is 1. The molecular formula is C27H34N4O2. The van der Waals surface area contributed by atoms with Gasteiger partial charge in [0.15, 0.2) is 5.96 Å². The molecule has 0 bridgehead atoms. The maximum atomic E-state index is 12.1. The van der Waals surface area contributed by atoms with E-state index in [1.165, 1.54) is 16.8 Å². The van der Waals surface area contributed by atoms with Crippen LogP contribution in [0.3, 0.4) is 0 Å². The van der Waals surface area contributed by atoms with E-state index in [0.29, 0.717) is 24.2 Å². The van der Waals surface area contributed by atoms with Crippen molar-refractivity contribution >= 4 is 17.6 Å². The van der Waals surface area contributed by atoms with Crippen molar-refractivity contribution in [3.05, 3.63) is 65.7 Å². The van der Waals surface area contributed by atoms with Gasteiger partial charge in [-0.2, -0.15) is 0 Å². The molecule has 0 aromatic heterocycles. The Labute approximate surface area is 196 Å². The molecule has 3 aliphatic rings. The van der Waals surface area contributed by atoms with Crippen molar-refractivity contribution in [3.8, 4) is 0 Å². The molecule has 2 fully saturated rings. The van der Waals surface area contributed by atoms with Crippen molar-refractivity contribution in [3.63, 3.8) is 0 Å². The molecule has 2 aromatic carbocycles. The first kappa shape index (κ1) is 22.0. The minimum absolute atomic E-state index is 0.133. The number of rotatable bonds is 6. The topological polar surface area (TPSA) is 57.2 Å². The summed E-state index contributed by atoms with van der Waals surface area (Å²) in [5, 5.41) is 3.65. The number of amides is 1. The van der Waals surface area contributed by atoms with Crippen molar-refractivity contribution in [2.24, 2.45) is 10.9 Å². The Bertz CT molecular complexity index is 993. The summed E-state index contributed by atoms with van der Waals surface area (Å²) in [6.45, 7) is 4.28. The molecule has 5 rings (SSSR count). The van der Waals surface area contributed by atoms with E-state index in [1.54, 1.807) is 0 Å². The second-order valence-corrected chi connectivity index (χ2v) is 9.32. The first-order valence-corrected chi connectivity index (χ1v) is 12.3. The van der Waals surface area contributed by atoms with Crippen LogP contribution in [0, 0.1) is 5.92 Å². The summed E-state index contributed by atoms with van der Waals surface area (Å²) in [5.74, 6) is 2.04. The molecular weight excluding hydrogens is 412 g/mol. The normalized spacial score (nSPS) is 25.1.